The van der Waals surface area contributed by atoms with Crippen LogP contribution in [0.15, 0.2) is 40.5 Å². The quantitative estimate of drug-likeness (QED) is 0.734. The number of thiazole rings is 1. The second kappa shape index (κ2) is 7.58. The molecule has 1 aliphatic heterocycles. The van der Waals surface area contributed by atoms with Crippen LogP contribution in [0.1, 0.15) is 28.4 Å². The molecule has 1 aliphatic rings. The van der Waals surface area contributed by atoms with E-state index in [2.05, 4.69) is 34.3 Å². The Morgan fingerprint density at radius 3 is 2.71 bits per heavy atom. The predicted octanol–water partition coefficient (Wildman–Crippen LogP) is 2.45. The second-order valence-corrected chi connectivity index (χ2v) is 8.39. The van der Waals surface area contributed by atoms with Gasteiger partial charge in [-0.15, -0.1) is 11.3 Å². The highest BCUT2D eigenvalue weighted by molar-refractivity contribution is 7.13. The molecule has 7 heteroatoms. The first-order chi connectivity index (χ1) is 13.4. The first-order valence-corrected chi connectivity index (χ1v) is 10.3. The summed E-state index contributed by atoms with van der Waals surface area (Å²) < 4.78 is 1.39. The first kappa shape index (κ1) is 19.0. The summed E-state index contributed by atoms with van der Waals surface area (Å²) >= 11 is 1.52. The molecular weight excluding hydrogens is 370 g/mol. The number of benzene rings is 1. The Labute approximate surface area is 168 Å². The van der Waals surface area contributed by atoms with Crippen molar-refractivity contribution >= 4 is 11.3 Å². The van der Waals surface area contributed by atoms with E-state index in [4.69, 9.17) is 10.7 Å². The molecule has 1 saturated heterocycles. The Morgan fingerprint density at radius 2 is 1.96 bits per heavy atom. The fourth-order valence-electron chi connectivity index (χ4n) is 3.92. The summed E-state index contributed by atoms with van der Waals surface area (Å²) in [5, 5.41) is 7.07. The topological polar surface area (TPSA) is 77.0 Å². The van der Waals surface area contributed by atoms with Gasteiger partial charge in [0.15, 0.2) is 0 Å². The second-order valence-electron chi connectivity index (χ2n) is 7.53. The van der Waals surface area contributed by atoms with Crippen molar-refractivity contribution in [3.8, 4) is 10.6 Å². The number of nitrogens with two attached hydrogens (primary N) is 1. The minimum Gasteiger partial charge on any atom is -0.326 e. The highest BCUT2D eigenvalue weighted by Crippen LogP contribution is 2.29. The van der Waals surface area contributed by atoms with E-state index in [1.165, 1.54) is 21.6 Å². The van der Waals surface area contributed by atoms with Crippen molar-refractivity contribution < 1.29 is 0 Å². The van der Waals surface area contributed by atoms with Gasteiger partial charge in [-0.05, 0) is 25.0 Å². The molecule has 2 atom stereocenters. The maximum Gasteiger partial charge on any atom is 0.277 e. The fourth-order valence-corrected chi connectivity index (χ4v) is 4.82. The average Bonchev–Trinajstić information content (AvgIpc) is 3.28. The van der Waals surface area contributed by atoms with E-state index in [9.17, 15) is 4.79 Å². The van der Waals surface area contributed by atoms with E-state index in [1.54, 1.807) is 7.05 Å². The van der Waals surface area contributed by atoms with Crippen LogP contribution >= 0.6 is 11.3 Å². The van der Waals surface area contributed by atoms with Gasteiger partial charge in [-0.2, -0.15) is 5.10 Å². The highest BCUT2D eigenvalue weighted by atomic mass is 32.1. The number of aryl methyl sites for hydroxylation is 2. The Kier molecular flexibility index (Phi) is 5.14. The van der Waals surface area contributed by atoms with Crippen molar-refractivity contribution in [2.24, 2.45) is 12.8 Å². The molecule has 2 aromatic heterocycles. The molecule has 0 radical (unpaired) electrons. The molecule has 0 saturated carbocycles. The normalized spacial score (nSPS) is 20.0. The standard InChI is InChI=1S/C21H25N5OS/c1-13-14(2)24-25(3)21(27)19(13)20-23-16(12-28-20)9-26-10-17(18(22)11-26)15-7-5-4-6-8-15/h4-8,12,17-18H,9-11,22H2,1-3H3/t17-,18+/m0/s1. The van der Waals surface area contributed by atoms with Gasteiger partial charge in [-0.3, -0.25) is 9.69 Å². The molecule has 0 amide bonds. The zero-order valence-corrected chi connectivity index (χ0v) is 17.2. The van der Waals surface area contributed by atoms with Gasteiger partial charge in [0, 0.05) is 44.0 Å². The van der Waals surface area contributed by atoms with Gasteiger partial charge in [0.1, 0.15) is 5.01 Å². The molecule has 0 unspecified atom stereocenters. The summed E-state index contributed by atoms with van der Waals surface area (Å²) in [5.41, 5.74) is 11.0. The summed E-state index contributed by atoms with van der Waals surface area (Å²) in [6, 6.07) is 10.6. The Balaban J connectivity index is 1.53. The third-order valence-corrected chi connectivity index (χ3v) is 6.45. The van der Waals surface area contributed by atoms with Crippen LogP contribution in [-0.2, 0) is 13.6 Å². The van der Waals surface area contributed by atoms with Crippen molar-refractivity contribution in [3.05, 3.63) is 68.6 Å². The maximum atomic E-state index is 12.6. The van der Waals surface area contributed by atoms with Crippen LogP contribution in [0.3, 0.4) is 0 Å². The lowest BCUT2D eigenvalue weighted by atomic mass is 9.95. The zero-order valence-electron chi connectivity index (χ0n) is 16.4. The lowest BCUT2D eigenvalue weighted by Gasteiger charge is -2.15. The lowest BCUT2D eigenvalue weighted by Crippen LogP contribution is -2.28. The molecule has 6 nitrogen and oxygen atoms in total. The minimum absolute atomic E-state index is 0.101. The molecular formula is C21H25N5OS. The van der Waals surface area contributed by atoms with Crippen LogP contribution in [0, 0.1) is 13.8 Å². The molecule has 146 valence electrons. The molecule has 4 rings (SSSR count). The van der Waals surface area contributed by atoms with E-state index in [-0.39, 0.29) is 11.6 Å². The van der Waals surface area contributed by atoms with Crippen LogP contribution in [0.25, 0.3) is 10.6 Å². The lowest BCUT2D eigenvalue weighted by molar-refractivity contribution is 0.320. The molecule has 0 aliphatic carbocycles. The maximum absolute atomic E-state index is 12.6. The van der Waals surface area contributed by atoms with E-state index >= 15 is 0 Å². The Hall–Kier alpha value is -2.35. The van der Waals surface area contributed by atoms with Gasteiger partial charge in [0.05, 0.1) is 17.0 Å². The smallest absolute Gasteiger partial charge is 0.277 e. The van der Waals surface area contributed by atoms with Gasteiger partial charge in [-0.25, -0.2) is 9.67 Å². The largest absolute Gasteiger partial charge is 0.326 e. The number of likely N-dealkylation sites (tertiary alicyclic amines) is 1. The fraction of sp³-hybridized carbons (Fsp3) is 0.381. The third-order valence-electron chi connectivity index (χ3n) is 5.55. The molecule has 1 fully saturated rings. The van der Waals surface area contributed by atoms with E-state index in [0.717, 1.165) is 41.6 Å². The van der Waals surface area contributed by atoms with Crippen molar-refractivity contribution in [2.45, 2.75) is 32.4 Å². The van der Waals surface area contributed by atoms with Gasteiger partial charge in [0.2, 0.25) is 0 Å². The van der Waals surface area contributed by atoms with E-state index in [1.807, 2.05) is 25.3 Å². The first-order valence-electron chi connectivity index (χ1n) is 9.46. The highest BCUT2D eigenvalue weighted by Gasteiger charge is 2.31. The zero-order chi connectivity index (χ0) is 19.8. The number of nitrogens with zero attached hydrogens (tertiary/aromatic N) is 4. The molecule has 0 bridgehead atoms. The Morgan fingerprint density at radius 1 is 1.21 bits per heavy atom. The molecule has 3 aromatic rings. The van der Waals surface area contributed by atoms with Gasteiger partial charge in [-0.1, -0.05) is 30.3 Å². The summed E-state index contributed by atoms with van der Waals surface area (Å²) in [4.78, 5) is 19.7. The summed E-state index contributed by atoms with van der Waals surface area (Å²) in [6.07, 6.45) is 0. The van der Waals surface area contributed by atoms with Crippen molar-refractivity contribution in [2.75, 3.05) is 13.1 Å². The van der Waals surface area contributed by atoms with Crippen LogP contribution in [-0.4, -0.2) is 38.8 Å². The van der Waals surface area contributed by atoms with Gasteiger partial charge in [0.25, 0.3) is 5.56 Å². The van der Waals surface area contributed by atoms with Gasteiger partial charge >= 0.3 is 0 Å². The summed E-state index contributed by atoms with van der Waals surface area (Å²) in [7, 11) is 1.68. The number of hydrogen-bond donors (Lipinski definition) is 1. The number of hydrogen-bond acceptors (Lipinski definition) is 6. The molecule has 3 heterocycles. The minimum atomic E-state index is -0.101. The van der Waals surface area contributed by atoms with Crippen LogP contribution in [0.5, 0.6) is 0 Å². The van der Waals surface area contributed by atoms with Crippen molar-refractivity contribution in [3.63, 3.8) is 0 Å². The summed E-state index contributed by atoms with van der Waals surface area (Å²) in [5.74, 6) is 0.344. The van der Waals surface area contributed by atoms with Crippen LogP contribution in [0.4, 0.5) is 0 Å². The molecule has 28 heavy (non-hydrogen) atoms. The number of aromatic nitrogens is 3. The van der Waals surface area contributed by atoms with Crippen molar-refractivity contribution in [1.82, 2.24) is 19.7 Å². The van der Waals surface area contributed by atoms with E-state index in [0.29, 0.717) is 11.5 Å². The molecule has 0 spiro atoms. The van der Waals surface area contributed by atoms with Crippen LogP contribution < -0.4 is 11.3 Å². The monoisotopic (exact) mass is 395 g/mol. The number of rotatable bonds is 4. The van der Waals surface area contributed by atoms with E-state index < -0.39 is 0 Å². The predicted molar refractivity (Wildman–Crippen MR) is 112 cm³/mol. The Bertz CT molecular complexity index is 1040. The van der Waals surface area contributed by atoms with Crippen molar-refractivity contribution in [1.29, 1.82) is 0 Å². The van der Waals surface area contributed by atoms with Gasteiger partial charge < -0.3 is 5.73 Å². The third kappa shape index (κ3) is 3.53. The molecule has 2 N–H and O–H groups in total. The SMILES string of the molecule is Cc1nn(C)c(=O)c(-c2nc(CN3C[C@@H](N)[C@H](c4ccccc4)C3)cs2)c1C. The van der Waals surface area contributed by atoms with Crippen LogP contribution in [0.2, 0.25) is 0 Å². The molecule has 1 aromatic carbocycles. The average molecular weight is 396 g/mol. The summed E-state index contributed by atoms with van der Waals surface area (Å²) in [6.45, 7) is 6.37.